The molecule has 1 aliphatic heterocycles. The van der Waals surface area contributed by atoms with Gasteiger partial charge in [-0.3, -0.25) is 4.79 Å². The molecular weight excluding hydrogens is 311 g/mol. The summed E-state index contributed by atoms with van der Waals surface area (Å²) in [6, 6.07) is 4.79. The van der Waals surface area contributed by atoms with Crippen molar-refractivity contribution in [1.82, 2.24) is 9.80 Å². The molecule has 1 amide bonds. The van der Waals surface area contributed by atoms with E-state index in [1.54, 1.807) is 24.1 Å². The van der Waals surface area contributed by atoms with E-state index < -0.39 is 5.82 Å². The zero-order valence-electron chi connectivity index (χ0n) is 11.0. The second-order valence-electron chi connectivity index (χ2n) is 4.88. The van der Waals surface area contributed by atoms with Gasteiger partial charge < -0.3 is 9.80 Å². The van der Waals surface area contributed by atoms with Crippen molar-refractivity contribution in [2.75, 3.05) is 33.2 Å². The zero-order valence-corrected chi connectivity index (χ0v) is 12.6. The average molecular weight is 329 g/mol. The first kappa shape index (κ1) is 14.5. The van der Waals surface area contributed by atoms with Gasteiger partial charge >= 0.3 is 0 Å². The highest BCUT2D eigenvalue weighted by atomic mass is 79.9. The summed E-state index contributed by atoms with van der Waals surface area (Å²) in [7, 11) is 1.72. The number of hydrogen-bond acceptors (Lipinski definition) is 2. The molecule has 19 heavy (non-hydrogen) atoms. The van der Waals surface area contributed by atoms with Gasteiger partial charge in [0.1, 0.15) is 5.82 Å². The van der Waals surface area contributed by atoms with Crippen LogP contribution in [0.4, 0.5) is 4.39 Å². The first-order chi connectivity index (χ1) is 9.09. The third-order valence-corrected chi connectivity index (χ3v) is 4.09. The third-order valence-electron chi connectivity index (χ3n) is 3.48. The Morgan fingerprint density at radius 1 is 1.42 bits per heavy atom. The Bertz CT molecular complexity index is 461. The number of likely N-dealkylation sites (tertiary alicyclic amines) is 1. The van der Waals surface area contributed by atoms with Gasteiger partial charge in [-0.15, -0.1) is 0 Å². The van der Waals surface area contributed by atoms with Gasteiger partial charge in [-0.05, 0) is 54.0 Å². The number of nitrogens with zero attached hydrogens (tertiary/aromatic N) is 2. The molecule has 0 N–H and O–H groups in total. The second kappa shape index (κ2) is 6.48. The molecule has 1 aromatic rings. The van der Waals surface area contributed by atoms with E-state index in [-0.39, 0.29) is 11.5 Å². The van der Waals surface area contributed by atoms with Crippen molar-refractivity contribution < 1.29 is 9.18 Å². The summed E-state index contributed by atoms with van der Waals surface area (Å²) in [5, 5.41) is 0. The highest BCUT2D eigenvalue weighted by Crippen LogP contribution is 2.19. The van der Waals surface area contributed by atoms with Gasteiger partial charge in [0, 0.05) is 20.1 Å². The fourth-order valence-electron chi connectivity index (χ4n) is 2.27. The average Bonchev–Trinajstić information content (AvgIpc) is 2.91. The lowest BCUT2D eigenvalue weighted by atomic mass is 10.2. The Kier molecular flexibility index (Phi) is 4.93. The molecule has 1 saturated heterocycles. The Labute approximate surface area is 121 Å². The van der Waals surface area contributed by atoms with Crippen LogP contribution in [-0.2, 0) is 0 Å². The molecule has 0 radical (unpaired) electrons. The van der Waals surface area contributed by atoms with Crippen LogP contribution < -0.4 is 0 Å². The summed E-state index contributed by atoms with van der Waals surface area (Å²) in [6.45, 7) is 3.70. The zero-order chi connectivity index (χ0) is 13.8. The Morgan fingerprint density at radius 2 is 2.11 bits per heavy atom. The van der Waals surface area contributed by atoms with Crippen molar-refractivity contribution in [1.29, 1.82) is 0 Å². The van der Waals surface area contributed by atoms with Gasteiger partial charge in [0.05, 0.1) is 10.0 Å². The van der Waals surface area contributed by atoms with E-state index in [0.717, 1.165) is 19.6 Å². The topological polar surface area (TPSA) is 23.6 Å². The van der Waals surface area contributed by atoms with Crippen LogP contribution in [0.2, 0.25) is 0 Å². The maximum absolute atomic E-state index is 13.8. The van der Waals surface area contributed by atoms with Crippen molar-refractivity contribution in [2.24, 2.45) is 0 Å². The minimum atomic E-state index is -0.486. The van der Waals surface area contributed by atoms with Crippen molar-refractivity contribution >= 4 is 21.8 Å². The van der Waals surface area contributed by atoms with Gasteiger partial charge in [-0.25, -0.2) is 4.39 Å². The maximum atomic E-state index is 13.8. The lowest BCUT2D eigenvalue weighted by Crippen LogP contribution is -2.35. The molecule has 1 heterocycles. The van der Waals surface area contributed by atoms with E-state index in [2.05, 4.69) is 20.8 Å². The van der Waals surface area contributed by atoms with Gasteiger partial charge in [-0.2, -0.15) is 0 Å². The number of carbonyl (C=O) groups excluding carboxylic acids is 1. The van der Waals surface area contributed by atoms with E-state index in [0.29, 0.717) is 11.0 Å². The molecule has 2 rings (SSSR count). The summed E-state index contributed by atoms with van der Waals surface area (Å²) >= 11 is 3.10. The predicted octanol–water partition coefficient (Wildman–Crippen LogP) is 2.76. The molecule has 1 aromatic carbocycles. The van der Waals surface area contributed by atoms with Gasteiger partial charge in [-0.1, -0.05) is 6.07 Å². The highest BCUT2D eigenvalue weighted by Gasteiger charge is 2.19. The minimum absolute atomic E-state index is 0.123. The van der Waals surface area contributed by atoms with E-state index in [1.165, 1.54) is 18.9 Å². The Hall–Kier alpha value is -0.940. The standard InChI is InChI=1S/C14H18BrFN2O/c1-17(9-10-18-7-2-3-8-18)14(19)11-5-4-6-12(15)13(11)16/h4-6H,2-3,7-10H2,1H3. The summed E-state index contributed by atoms with van der Waals surface area (Å²) in [6.07, 6.45) is 2.47. The molecule has 0 unspecified atom stereocenters. The normalized spacial score (nSPS) is 15.7. The van der Waals surface area contributed by atoms with Crippen LogP contribution in [0.3, 0.4) is 0 Å². The van der Waals surface area contributed by atoms with Crippen molar-refractivity contribution in [3.63, 3.8) is 0 Å². The van der Waals surface area contributed by atoms with Crippen LogP contribution in [-0.4, -0.2) is 48.9 Å². The molecule has 1 fully saturated rings. The van der Waals surface area contributed by atoms with Crippen LogP contribution in [0.1, 0.15) is 23.2 Å². The molecule has 0 aromatic heterocycles. The maximum Gasteiger partial charge on any atom is 0.256 e. The summed E-state index contributed by atoms with van der Waals surface area (Å²) in [5.41, 5.74) is 0.123. The van der Waals surface area contributed by atoms with Crippen LogP contribution in [0.5, 0.6) is 0 Å². The second-order valence-corrected chi connectivity index (χ2v) is 5.73. The van der Waals surface area contributed by atoms with E-state index >= 15 is 0 Å². The molecule has 3 nitrogen and oxygen atoms in total. The van der Waals surface area contributed by atoms with Gasteiger partial charge in [0.15, 0.2) is 0 Å². The fourth-order valence-corrected chi connectivity index (χ4v) is 2.64. The molecule has 5 heteroatoms. The van der Waals surface area contributed by atoms with Crippen LogP contribution >= 0.6 is 15.9 Å². The van der Waals surface area contributed by atoms with Gasteiger partial charge in [0.25, 0.3) is 5.91 Å². The lowest BCUT2D eigenvalue weighted by molar-refractivity contribution is 0.0777. The van der Waals surface area contributed by atoms with E-state index in [4.69, 9.17) is 0 Å². The van der Waals surface area contributed by atoms with Crippen LogP contribution in [0.15, 0.2) is 22.7 Å². The van der Waals surface area contributed by atoms with Crippen molar-refractivity contribution in [3.05, 3.63) is 34.1 Å². The first-order valence-corrected chi connectivity index (χ1v) is 7.30. The number of benzene rings is 1. The Balaban J connectivity index is 1.96. The highest BCUT2D eigenvalue weighted by molar-refractivity contribution is 9.10. The minimum Gasteiger partial charge on any atom is -0.340 e. The van der Waals surface area contributed by atoms with Crippen LogP contribution in [0.25, 0.3) is 0 Å². The third kappa shape index (κ3) is 3.54. The number of likely N-dealkylation sites (N-methyl/N-ethyl adjacent to an activating group) is 1. The summed E-state index contributed by atoms with van der Waals surface area (Å²) in [5.74, 6) is -0.751. The largest absolute Gasteiger partial charge is 0.340 e. The summed E-state index contributed by atoms with van der Waals surface area (Å²) < 4.78 is 14.2. The van der Waals surface area contributed by atoms with Crippen LogP contribution in [0, 0.1) is 5.82 Å². The molecule has 1 aliphatic rings. The molecule has 0 bridgehead atoms. The van der Waals surface area contributed by atoms with Crippen molar-refractivity contribution in [2.45, 2.75) is 12.8 Å². The number of rotatable bonds is 4. The first-order valence-electron chi connectivity index (χ1n) is 6.51. The van der Waals surface area contributed by atoms with E-state index in [9.17, 15) is 9.18 Å². The molecule has 0 atom stereocenters. The summed E-state index contributed by atoms with van der Waals surface area (Å²) in [4.78, 5) is 16.1. The molecule has 0 aliphatic carbocycles. The fraction of sp³-hybridized carbons (Fsp3) is 0.500. The molecule has 104 valence electrons. The van der Waals surface area contributed by atoms with Crippen molar-refractivity contribution in [3.8, 4) is 0 Å². The monoisotopic (exact) mass is 328 g/mol. The number of halogens is 2. The molecule has 0 saturated carbocycles. The Morgan fingerprint density at radius 3 is 2.79 bits per heavy atom. The number of carbonyl (C=O) groups is 1. The number of amides is 1. The van der Waals surface area contributed by atoms with Gasteiger partial charge in [0.2, 0.25) is 0 Å². The quantitative estimate of drug-likeness (QED) is 0.848. The predicted molar refractivity (Wildman–Crippen MR) is 76.7 cm³/mol. The van der Waals surface area contributed by atoms with E-state index in [1.807, 2.05) is 0 Å². The molecular formula is C14H18BrFN2O. The number of hydrogen-bond donors (Lipinski definition) is 0. The SMILES string of the molecule is CN(CCN1CCCC1)C(=O)c1cccc(Br)c1F. The molecule has 0 spiro atoms. The lowest BCUT2D eigenvalue weighted by Gasteiger charge is -2.21. The smallest absolute Gasteiger partial charge is 0.256 e.